The number of pyridine rings is 2. The van der Waals surface area contributed by atoms with Gasteiger partial charge in [0.25, 0.3) is 6.43 Å². The lowest BCUT2D eigenvalue weighted by atomic mass is 10.0. The van der Waals surface area contributed by atoms with E-state index in [0.717, 1.165) is 47.5 Å². The fraction of sp³-hybridized carbons (Fsp3) is 0.345. The average Bonchev–Trinajstić information content (AvgIpc) is 2.90. The Labute approximate surface area is 212 Å². The molecule has 0 aliphatic rings. The molecule has 2 N–H and O–H groups in total. The van der Waals surface area contributed by atoms with Crippen molar-refractivity contribution in [1.82, 2.24) is 9.97 Å². The molecule has 190 valence electrons. The van der Waals surface area contributed by atoms with E-state index in [2.05, 4.69) is 57.2 Å². The van der Waals surface area contributed by atoms with E-state index in [-0.39, 0.29) is 12.3 Å². The van der Waals surface area contributed by atoms with Crippen LogP contribution in [0.15, 0.2) is 53.8 Å². The number of halogens is 2. The topological polar surface area (TPSA) is 70.4 Å². The summed E-state index contributed by atoms with van der Waals surface area (Å²) < 4.78 is 24.9. The largest absolute Gasteiger partial charge is 0.395 e. The zero-order valence-corrected chi connectivity index (χ0v) is 21.4. The molecule has 0 saturated heterocycles. The molecule has 3 rings (SSSR count). The smallest absolute Gasteiger partial charge is 0.280 e. The van der Waals surface area contributed by atoms with E-state index in [9.17, 15) is 8.78 Å². The molecule has 2 heterocycles. The number of nitrogens with zero attached hydrogens (tertiary/aromatic N) is 3. The van der Waals surface area contributed by atoms with Crippen LogP contribution >= 0.6 is 0 Å². The molecular weight excluding hydrogens is 458 g/mol. The second kappa shape index (κ2) is 15.4. The van der Waals surface area contributed by atoms with E-state index in [0.29, 0.717) is 6.42 Å². The lowest BCUT2D eigenvalue weighted by Crippen LogP contribution is -2.00. The second-order valence-electron chi connectivity index (χ2n) is 7.98. The highest BCUT2D eigenvalue weighted by Crippen LogP contribution is 2.21. The number of rotatable bonds is 8. The number of nitrogens with one attached hydrogen (secondary N) is 1. The number of aliphatic imine (C=N–C) groups is 1. The number of aromatic nitrogens is 2. The van der Waals surface area contributed by atoms with Gasteiger partial charge in [-0.25, -0.2) is 8.78 Å². The maximum atomic E-state index is 12.4. The molecule has 0 radical (unpaired) electrons. The number of anilines is 1. The van der Waals surface area contributed by atoms with Crippen LogP contribution in [0.25, 0.3) is 0 Å². The van der Waals surface area contributed by atoms with Crippen molar-refractivity contribution in [2.45, 2.75) is 52.9 Å². The van der Waals surface area contributed by atoms with Gasteiger partial charge < -0.3 is 10.4 Å². The average molecular weight is 493 g/mol. The van der Waals surface area contributed by atoms with Gasteiger partial charge in [0.15, 0.2) is 0 Å². The van der Waals surface area contributed by atoms with Crippen molar-refractivity contribution in [2.75, 3.05) is 19.0 Å². The van der Waals surface area contributed by atoms with Gasteiger partial charge in [0.1, 0.15) is 5.69 Å². The first kappa shape index (κ1) is 28.6. The molecule has 5 nitrogen and oxygen atoms in total. The van der Waals surface area contributed by atoms with Gasteiger partial charge >= 0.3 is 0 Å². The second-order valence-corrected chi connectivity index (χ2v) is 7.98. The molecule has 2 aromatic heterocycles. The summed E-state index contributed by atoms with van der Waals surface area (Å²) in [6, 6.07) is 11.5. The van der Waals surface area contributed by atoms with E-state index in [1.807, 2.05) is 27.0 Å². The Kier molecular flexibility index (Phi) is 12.2. The Bertz CT molecular complexity index is 1180. The zero-order chi connectivity index (χ0) is 26.3. The van der Waals surface area contributed by atoms with Crippen LogP contribution in [0.1, 0.15) is 60.3 Å². The molecule has 0 fully saturated rings. The predicted molar refractivity (Wildman–Crippen MR) is 143 cm³/mol. The van der Waals surface area contributed by atoms with Gasteiger partial charge in [-0.15, -0.1) is 0 Å². The summed E-state index contributed by atoms with van der Waals surface area (Å²) in [6.07, 6.45) is 5.63. The Hall–Kier alpha value is -3.63. The van der Waals surface area contributed by atoms with Crippen LogP contribution in [-0.4, -0.2) is 34.9 Å². The van der Waals surface area contributed by atoms with Gasteiger partial charge in [-0.3, -0.25) is 15.0 Å². The van der Waals surface area contributed by atoms with Crippen LogP contribution in [0.2, 0.25) is 0 Å². The Morgan fingerprint density at radius 3 is 2.47 bits per heavy atom. The van der Waals surface area contributed by atoms with Gasteiger partial charge in [-0.1, -0.05) is 37.0 Å². The number of aryl methyl sites for hydroxylation is 4. The Morgan fingerprint density at radius 2 is 1.86 bits per heavy atom. The first-order valence-electron chi connectivity index (χ1n) is 12.0. The zero-order valence-electron chi connectivity index (χ0n) is 21.4. The minimum absolute atomic E-state index is 0.0895. The molecule has 0 unspecified atom stereocenters. The number of benzene rings is 1. The molecule has 0 bridgehead atoms. The van der Waals surface area contributed by atoms with E-state index in [1.54, 1.807) is 24.7 Å². The fourth-order valence-electron chi connectivity index (χ4n) is 3.37. The summed E-state index contributed by atoms with van der Waals surface area (Å²) in [6.45, 7) is 5.99. The maximum absolute atomic E-state index is 12.4. The van der Waals surface area contributed by atoms with Crippen molar-refractivity contribution < 1.29 is 13.9 Å². The first-order valence-corrected chi connectivity index (χ1v) is 12.0. The van der Waals surface area contributed by atoms with Crippen molar-refractivity contribution in [3.8, 4) is 11.8 Å². The maximum Gasteiger partial charge on any atom is 0.280 e. The molecule has 0 spiro atoms. The minimum Gasteiger partial charge on any atom is -0.395 e. The van der Waals surface area contributed by atoms with Gasteiger partial charge in [0.05, 0.1) is 18.0 Å². The van der Waals surface area contributed by atoms with Gasteiger partial charge in [-0.05, 0) is 68.0 Å². The fourth-order valence-corrected chi connectivity index (χ4v) is 3.37. The number of alkyl halides is 2. The van der Waals surface area contributed by atoms with Crippen LogP contribution in [0.5, 0.6) is 0 Å². The highest BCUT2D eigenvalue weighted by molar-refractivity contribution is 5.62. The molecule has 0 atom stereocenters. The molecule has 1 aromatic carbocycles. The van der Waals surface area contributed by atoms with Crippen LogP contribution in [0, 0.1) is 18.8 Å². The highest BCUT2D eigenvalue weighted by Gasteiger charge is 2.08. The van der Waals surface area contributed by atoms with E-state index < -0.39 is 6.43 Å². The predicted octanol–water partition coefficient (Wildman–Crippen LogP) is 6.25. The molecule has 0 amide bonds. The van der Waals surface area contributed by atoms with Crippen LogP contribution in [0.3, 0.4) is 0 Å². The Morgan fingerprint density at radius 1 is 1.08 bits per heavy atom. The van der Waals surface area contributed by atoms with Crippen molar-refractivity contribution >= 4 is 17.6 Å². The number of aliphatic hydroxyl groups is 1. The molecule has 0 aliphatic heterocycles. The minimum atomic E-state index is -2.50. The third-order valence-electron chi connectivity index (χ3n) is 5.40. The van der Waals surface area contributed by atoms with Gasteiger partial charge in [0.2, 0.25) is 0 Å². The van der Waals surface area contributed by atoms with E-state index in [1.165, 1.54) is 17.2 Å². The summed E-state index contributed by atoms with van der Waals surface area (Å²) in [4.78, 5) is 12.2. The summed E-state index contributed by atoms with van der Waals surface area (Å²) in [7, 11) is 1.91. The van der Waals surface area contributed by atoms with Crippen molar-refractivity contribution in [2.24, 2.45) is 4.99 Å². The monoisotopic (exact) mass is 492 g/mol. The van der Waals surface area contributed by atoms with Crippen molar-refractivity contribution in [1.29, 1.82) is 0 Å². The first-order chi connectivity index (χ1) is 17.4. The standard InChI is InChI=1S/C17H20F2N2.C12H14N2O/c1-3-12-4-7-14(16(10-12)20-2)8-5-13-6-9-15(17(18)19)21-11-13;1-3-13-12-8-11(6-4-5-7-15)9-14-10(12)2/h4,6-7,9-11,17,20H,3,5,8H2,1-2H3;3,8-9,15H,5,7H2,1-2H3. The van der Waals surface area contributed by atoms with E-state index >= 15 is 0 Å². The molecule has 0 aliphatic carbocycles. The van der Waals surface area contributed by atoms with Crippen LogP contribution < -0.4 is 5.32 Å². The summed E-state index contributed by atoms with van der Waals surface area (Å²) in [5.41, 5.74) is 7.02. The summed E-state index contributed by atoms with van der Waals surface area (Å²) >= 11 is 0. The number of hydrogen-bond acceptors (Lipinski definition) is 5. The highest BCUT2D eigenvalue weighted by atomic mass is 19.3. The van der Waals surface area contributed by atoms with Crippen molar-refractivity contribution in [3.05, 3.63) is 82.4 Å². The van der Waals surface area contributed by atoms with Gasteiger partial charge in [-0.2, -0.15) is 0 Å². The molecule has 36 heavy (non-hydrogen) atoms. The van der Waals surface area contributed by atoms with Crippen LogP contribution in [0.4, 0.5) is 20.2 Å². The quantitative estimate of drug-likeness (QED) is 0.288. The third kappa shape index (κ3) is 9.20. The lowest BCUT2D eigenvalue weighted by Gasteiger charge is -2.11. The summed E-state index contributed by atoms with van der Waals surface area (Å²) in [5, 5.41) is 11.8. The van der Waals surface area contributed by atoms with Crippen LogP contribution in [-0.2, 0) is 19.3 Å². The SMILES string of the molecule is CC=Nc1cc(C#CCCO)cnc1C.CCc1ccc(CCc2ccc(C(F)F)nc2)c(NC)c1. The Balaban J connectivity index is 0.000000269. The van der Waals surface area contributed by atoms with Gasteiger partial charge in [0, 0.05) is 43.3 Å². The third-order valence-corrected chi connectivity index (χ3v) is 5.40. The number of aliphatic hydroxyl groups excluding tert-OH is 1. The van der Waals surface area contributed by atoms with E-state index in [4.69, 9.17) is 5.11 Å². The van der Waals surface area contributed by atoms with Crippen molar-refractivity contribution in [3.63, 3.8) is 0 Å². The molecular formula is C29H34F2N4O. The molecule has 0 saturated carbocycles. The number of hydrogen-bond donors (Lipinski definition) is 2. The lowest BCUT2D eigenvalue weighted by molar-refractivity contribution is 0.146. The molecule has 7 heteroatoms. The summed E-state index contributed by atoms with van der Waals surface area (Å²) in [5.74, 6) is 5.77. The normalized spacial score (nSPS) is 10.6. The molecule has 3 aromatic rings.